The quantitative estimate of drug-likeness (QED) is 0.500. The number of carbonyl (C=O) groups excluding carboxylic acids is 2. The van der Waals surface area contributed by atoms with Gasteiger partial charge in [-0.15, -0.1) is 0 Å². The molecule has 3 aromatic rings. The van der Waals surface area contributed by atoms with E-state index in [1.54, 1.807) is 24.3 Å². The zero-order valence-electron chi connectivity index (χ0n) is 17.2. The molecule has 8 heteroatoms. The zero-order chi connectivity index (χ0) is 21.7. The standard InChI is InChI=1S/C22H25N5O2S/c1-14(2)27-19(25-26-22(27)30)11-12-23-20(28)17-10-9-15(3)18(13-17)24-21(29)16-7-5-4-6-8-16/h4-10,13-14H,11-12H2,1-3H3,(H,23,28)(H,24,29)(H,26,30). The van der Waals surface area contributed by atoms with Crippen molar-refractivity contribution in [3.63, 3.8) is 0 Å². The summed E-state index contributed by atoms with van der Waals surface area (Å²) in [5.41, 5.74) is 2.53. The molecule has 2 amide bonds. The summed E-state index contributed by atoms with van der Waals surface area (Å²) in [4.78, 5) is 25.0. The second-order valence-corrected chi connectivity index (χ2v) is 7.65. The first-order chi connectivity index (χ1) is 14.4. The highest BCUT2D eigenvalue weighted by Crippen LogP contribution is 2.18. The number of H-pyrrole nitrogens is 1. The van der Waals surface area contributed by atoms with E-state index in [-0.39, 0.29) is 17.9 Å². The summed E-state index contributed by atoms with van der Waals surface area (Å²) in [5, 5.41) is 12.8. The molecule has 0 saturated heterocycles. The summed E-state index contributed by atoms with van der Waals surface area (Å²) < 4.78 is 2.51. The SMILES string of the molecule is Cc1ccc(C(=O)NCCc2n[nH]c(=S)n2C(C)C)cc1NC(=O)c1ccccc1. The van der Waals surface area contributed by atoms with Crippen LogP contribution in [0.25, 0.3) is 0 Å². The first kappa shape index (κ1) is 21.4. The van der Waals surface area contributed by atoms with E-state index in [0.29, 0.717) is 34.6 Å². The minimum absolute atomic E-state index is 0.190. The number of hydrogen-bond acceptors (Lipinski definition) is 4. The zero-order valence-corrected chi connectivity index (χ0v) is 18.0. The fraction of sp³-hybridized carbons (Fsp3) is 0.273. The van der Waals surface area contributed by atoms with Crippen LogP contribution in [0, 0.1) is 11.7 Å². The number of rotatable bonds is 7. The molecule has 30 heavy (non-hydrogen) atoms. The van der Waals surface area contributed by atoms with Gasteiger partial charge in [-0.25, -0.2) is 0 Å². The van der Waals surface area contributed by atoms with Crippen LogP contribution in [0.2, 0.25) is 0 Å². The molecule has 0 radical (unpaired) electrons. The van der Waals surface area contributed by atoms with E-state index in [0.717, 1.165) is 11.4 Å². The maximum atomic E-state index is 12.6. The van der Waals surface area contributed by atoms with E-state index in [9.17, 15) is 9.59 Å². The molecular weight excluding hydrogens is 398 g/mol. The smallest absolute Gasteiger partial charge is 0.255 e. The number of nitrogens with zero attached hydrogens (tertiary/aromatic N) is 2. The van der Waals surface area contributed by atoms with Gasteiger partial charge in [-0.3, -0.25) is 14.7 Å². The molecule has 0 unspecified atom stereocenters. The van der Waals surface area contributed by atoms with Crippen LogP contribution < -0.4 is 10.6 Å². The predicted molar refractivity (Wildman–Crippen MR) is 119 cm³/mol. The topological polar surface area (TPSA) is 91.8 Å². The van der Waals surface area contributed by atoms with Crippen molar-refractivity contribution in [2.75, 3.05) is 11.9 Å². The van der Waals surface area contributed by atoms with Gasteiger partial charge in [-0.1, -0.05) is 24.3 Å². The molecule has 7 nitrogen and oxygen atoms in total. The summed E-state index contributed by atoms with van der Waals surface area (Å²) in [5.74, 6) is 0.373. The van der Waals surface area contributed by atoms with Gasteiger partial charge in [-0.05, 0) is 62.8 Å². The minimum Gasteiger partial charge on any atom is -0.352 e. The molecule has 0 bridgehead atoms. The Morgan fingerprint density at radius 3 is 2.53 bits per heavy atom. The number of carbonyl (C=O) groups is 2. The van der Waals surface area contributed by atoms with Crippen LogP contribution in [0.5, 0.6) is 0 Å². The molecule has 2 aromatic carbocycles. The first-order valence-corrected chi connectivity index (χ1v) is 10.2. The second-order valence-electron chi connectivity index (χ2n) is 7.26. The van der Waals surface area contributed by atoms with Crippen molar-refractivity contribution in [2.45, 2.75) is 33.2 Å². The Morgan fingerprint density at radius 1 is 1.10 bits per heavy atom. The van der Waals surface area contributed by atoms with Crippen molar-refractivity contribution in [1.82, 2.24) is 20.1 Å². The molecule has 3 rings (SSSR count). The van der Waals surface area contributed by atoms with Crippen LogP contribution in [-0.2, 0) is 6.42 Å². The molecule has 1 aromatic heterocycles. The molecule has 0 saturated carbocycles. The first-order valence-electron chi connectivity index (χ1n) is 9.78. The van der Waals surface area contributed by atoms with Crippen LogP contribution in [0.3, 0.4) is 0 Å². The number of nitrogens with one attached hydrogen (secondary N) is 3. The third-order valence-electron chi connectivity index (χ3n) is 4.71. The van der Waals surface area contributed by atoms with Gasteiger partial charge in [0.25, 0.3) is 11.8 Å². The van der Waals surface area contributed by atoms with Crippen LogP contribution in [-0.4, -0.2) is 33.1 Å². The van der Waals surface area contributed by atoms with Gasteiger partial charge in [-0.2, -0.15) is 5.10 Å². The molecule has 0 aliphatic rings. The Hall–Kier alpha value is -3.26. The Morgan fingerprint density at radius 2 is 1.83 bits per heavy atom. The highest BCUT2D eigenvalue weighted by Gasteiger charge is 2.13. The maximum absolute atomic E-state index is 12.6. The molecule has 3 N–H and O–H groups in total. The van der Waals surface area contributed by atoms with E-state index in [1.165, 1.54) is 0 Å². The second kappa shape index (κ2) is 9.49. The highest BCUT2D eigenvalue weighted by atomic mass is 32.1. The summed E-state index contributed by atoms with van der Waals surface area (Å²) in [6.07, 6.45) is 0.556. The lowest BCUT2D eigenvalue weighted by Gasteiger charge is -2.12. The van der Waals surface area contributed by atoms with Gasteiger partial charge in [0.05, 0.1) is 0 Å². The largest absolute Gasteiger partial charge is 0.352 e. The van der Waals surface area contributed by atoms with Crippen LogP contribution in [0.15, 0.2) is 48.5 Å². The molecule has 0 atom stereocenters. The van der Waals surface area contributed by atoms with Crippen LogP contribution in [0.4, 0.5) is 5.69 Å². The number of amides is 2. The predicted octanol–water partition coefficient (Wildman–Crippen LogP) is 4.05. The summed E-state index contributed by atoms with van der Waals surface area (Å²) in [6, 6.07) is 14.4. The molecule has 156 valence electrons. The lowest BCUT2D eigenvalue weighted by Crippen LogP contribution is -2.27. The van der Waals surface area contributed by atoms with E-state index >= 15 is 0 Å². The van der Waals surface area contributed by atoms with Crippen molar-refractivity contribution >= 4 is 29.7 Å². The molecule has 0 fully saturated rings. The van der Waals surface area contributed by atoms with Crippen molar-refractivity contribution in [2.24, 2.45) is 0 Å². The molecule has 1 heterocycles. The Bertz CT molecular complexity index is 1100. The van der Waals surface area contributed by atoms with Gasteiger partial charge in [0.15, 0.2) is 4.77 Å². The average molecular weight is 424 g/mol. The number of benzene rings is 2. The normalized spacial score (nSPS) is 10.8. The van der Waals surface area contributed by atoms with Gasteiger partial charge in [0, 0.05) is 35.8 Å². The summed E-state index contributed by atoms with van der Waals surface area (Å²) in [7, 11) is 0. The van der Waals surface area contributed by atoms with Gasteiger partial charge < -0.3 is 15.2 Å². The van der Waals surface area contributed by atoms with Crippen molar-refractivity contribution in [1.29, 1.82) is 0 Å². The van der Waals surface area contributed by atoms with E-state index < -0.39 is 0 Å². The summed E-state index contributed by atoms with van der Waals surface area (Å²) >= 11 is 5.25. The number of anilines is 1. The Kier molecular flexibility index (Phi) is 6.79. The summed E-state index contributed by atoms with van der Waals surface area (Å²) in [6.45, 7) is 6.37. The number of aromatic amines is 1. The maximum Gasteiger partial charge on any atom is 0.255 e. The van der Waals surface area contributed by atoms with Gasteiger partial charge in [0.2, 0.25) is 0 Å². The molecular formula is C22H25N5O2S. The third kappa shape index (κ3) is 5.01. The monoisotopic (exact) mass is 423 g/mol. The van der Waals surface area contributed by atoms with Crippen molar-refractivity contribution in [3.8, 4) is 0 Å². The number of aryl methyl sites for hydroxylation is 1. The highest BCUT2D eigenvalue weighted by molar-refractivity contribution is 7.71. The fourth-order valence-electron chi connectivity index (χ4n) is 3.12. The molecule has 0 aliphatic carbocycles. The minimum atomic E-state index is -0.215. The Balaban J connectivity index is 1.65. The molecule has 0 spiro atoms. The van der Waals surface area contributed by atoms with Gasteiger partial charge in [0.1, 0.15) is 5.82 Å². The van der Waals surface area contributed by atoms with E-state index in [4.69, 9.17) is 12.2 Å². The Labute approximate surface area is 180 Å². The van der Waals surface area contributed by atoms with Gasteiger partial charge >= 0.3 is 0 Å². The van der Waals surface area contributed by atoms with Crippen molar-refractivity contribution < 1.29 is 9.59 Å². The third-order valence-corrected chi connectivity index (χ3v) is 5.00. The van der Waals surface area contributed by atoms with E-state index in [2.05, 4.69) is 20.8 Å². The number of hydrogen-bond donors (Lipinski definition) is 3. The van der Waals surface area contributed by atoms with Crippen LogP contribution in [0.1, 0.15) is 52.0 Å². The fourth-order valence-corrected chi connectivity index (χ4v) is 3.48. The van der Waals surface area contributed by atoms with Crippen molar-refractivity contribution in [3.05, 3.63) is 75.8 Å². The number of aromatic nitrogens is 3. The molecule has 0 aliphatic heterocycles. The lowest BCUT2D eigenvalue weighted by molar-refractivity contribution is 0.0952. The average Bonchev–Trinajstić information content (AvgIpc) is 3.10. The van der Waals surface area contributed by atoms with E-state index in [1.807, 2.05) is 49.6 Å². The lowest BCUT2D eigenvalue weighted by atomic mass is 10.1. The van der Waals surface area contributed by atoms with Crippen LogP contribution >= 0.6 is 12.2 Å².